The molecule has 3 rings (SSSR count). The van der Waals surface area contributed by atoms with E-state index in [1.807, 2.05) is 31.2 Å². The van der Waals surface area contributed by atoms with Crippen molar-refractivity contribution in [2.45, 2.75) is 6.92 Å². The number of nitrogens with zero attached hydrogens (tertiary/aromatic N) is 1. The van der Waals surface area contributed by atoms with Crippen molar-refractivity contribution in [3.8, 4) is 23.3 Å². The summed E-state index contributed by atoms with van der Waals surface area (Å²) in [4.78, 5) is 24.9. The van der Waals surface area contributed by atoms with E-state index in [0.717, 1.165) is 0 Å². The van der Waals surface area contributed by atoms with E-state index in [9.17, 15) is 14.9 Å². The molecule has 0 heterocycles. The molecule has 0 atom stereocenters. The van der Waals surface area contributed by atoms with Gasteiger partial charge in [0.15, 0.2) is 18.1 Å². The summed E-state index contributed by atoms with van der Waals surface area (Å²) >= 11 is 0. The molecule has 3 aromatic carbocycles. The lowest BCUT2D eigenvalue weighted by Gasteiger charge is -2.13. The first-order valence-corrected chi connectivity index (χ1v) is 10.8. The van der Waals surface area contributed by atoms with Crippen molar-refractivity contribution in [1.29, 1.82) is 5.26 Å². The fraction of sp³-hybridized carbons (Fsp3) is 0.148. The minimum Gasteiger partial charge on any atom is -0.495 e. The maximum Gasteiger partial charge on any atom is 0.266 e. The molecule has 0 fully saturated rings. The number of hydrogen-bond acceptors (Lipinski definition) is 6. The van der Waals surface area contributed by atoms with Crippen LogP contribution in [0.2, 0.25) is 0 Å². The number of methoxy groups -OCH3 is 1. The third-order valence-corrected chi connectivity index (χ3v) is 4.72. The third kappa shape index (κ3) is 7.11. The number of para-hydroxylation sites is 3. The Labute approximate surface area is 203 Å². The maximum atomic E-state index is 12.7. The van der Waals surface area contributed by atoms with Gasteiger partial charge in [0.25, 0.3) is 11.8 Å². The topological polar surface area (TPSA) is 110 Å². The van der Waals surface area contributed by atoms with Crippen molar-refractivity contribution >= 4 is 29.3 Å². The van der Waals surface area contributed by atoms with Crippen LogP contribution in [0, 0.1) is 11.3 Å². The molecule has 3 aromatic rings. The van der Waals surface area contributed by atoms with Gasteiger partial charge >= 0.3 is 0 Å². The van der Waals surface area contributed by atoms with E-state index < -0.39 is 5.91 Å². The summed E-state index contributed by atoms with van der Waals surface area (Å²) in [6.45, 7) is 1.96. The highest BCUT2D eigenvalue weighted by Crippen LogP contribution is 2.30. The molecular weight excluding hydrogens is 446 g/mol. The van der Waals surface area contributed by atoms with Gasteiger partial charge < -0.3 is 24.8 Å². The predicted molar refractivity (Wildman–Crippen MR) is 133 cm³/mol. The molecule has 178 valence electrons. The number of ether oxygens (including phenoxy) is 3. The number of nitriles is 1. The Morgan fingerprint density at radius 2 is 1.66 bits per heavy atom. The summed E-state index contributed by atoms with van der Waals surface area (Å²) in [5.74, 6) is 0.338. The highest BCUT2D eigenvalue weighted by Gasteiger charge is 2.14. The summed E-state index contributed by atoms with van der Waals surface area (Å²) in [7, 11) is 1.50. The van der Waals surface area contributed by atoms with Crippen LogP contribution in [0.5, 0.6) is 17.2 Å². The van der Waals surface area contributed by atoms with Crippen LogP contribution in [0.1, 0.15) is 12.5 Å². The van der Waals surface area contributed by atoms with Gasteiger partial charge in [-0.05, 0) is 55.0 Å². The molecule has 2 amide bonds. The molecule has 0 unspecified atom stereocenters. The van der Waals surface area contributed by atoms with Crippen molar-refractivity contribution in [3.63, 3.8) is 0 Å². The molecule has 8 nitrogen and oxygen atoms in total. The summed E-state index contributed by atoms with van der Waals surface area (Å²) in [5, 5.41) is 15.0. The molecule has 0 aliphatic rings. The van der Waals surface area contributed by atoms with Gasteiger partial charge in [0, 0.05) is 5.69 Å². The monoisotopic (exact) mass is 471 g/mol. The Kier molecular flexibility index (Phi) is 8.85. The van der Waals surface area contributed by atoms with Crippen LogP contribution in [0.3, 0.4) is 0 Å². The van der Waals surface area contributed by atoms with Gasteiger partial charge in [-0.15, -0.1) is 0 Å². The molecule has 35 heavy (non-hydrogen) atoms. The first-order valence-electron chi connectivity index (χ1n) is 10.8. The zero-order valence-corrected chi connectivity index (χ0v) is 19.4. The van der Waals surface area contributed by atoms with Crippen molar-refractivity contribution in [2.75, 3.05) is 31.0 Å². The Morgan fingerprint density at radius 3 is 2.37 bits per heavy atom. The van der Waals surface area contributed by atoms with E-state index in [-0.39, 0.29) is 18.1 Å². The smallest absolute Gasteiger partial charge is 0.266 e. The number of anilines is 2. The Hall–Kier alpha value is -4.77. The lowest BCUT2D eigenvalue weighted by atomic mass is 10.1. The van der Waals surface area contributed by atoms with E-state index in [4.69, 9.17) is 14.2 Å². The molecule has 0 saturated heterocycles. The fourth-order valence-electron chi connectivity index (χ4n) is 3.12. The average molecular weight is 472 g/mol. The first kappa shape index (κ1) is 24.9. The van der Waals surface area contributed by atoms with Crippen LogP contribution < -0.4 is 24.8 Å². The SMILES string of the molecule is CCOc1cc(/C=C(\C#N)C(=O)Nc2ccccc2OC)ccc1OCC(=O)Nc1ccccc1. The maximum absolute atomic E-state index is 12.7. The minimum absolute atomic E-state index is 0.103. The molecule has 0 saturated carbocycles. The lowest BCUT2D eigenvalue weighted by Crippen LogP contribution is -2.20. The number of benzene rings is 3. The van der Waals surface area contributed by atoms with Gasteiger partial charge in [-0.1, -0.05) is 36.4 Å². The molecule has 0 aromatic heterocycles. The van der Waals surface area contributed by atoms with E-state index >= 15 is 0 Å². The normalized spacial score (nSPS) is 10.6. The standard InChI is InChI=1S/C27H25N3O5/c1-3-34-25-16-19(13-14-24(25)35-18-26(31)29-21-9-5-4-6-10-21)15-20(17-28)27(32)30-22-11-7-8-12-23(22)33-2/h4-16H,3,18H2,1-2H3,(H,29,31)(H,30,32)/b20-15+. The van der Waals surface area contributed by atoms with Gasteiger partial charge in [0.2, 0.25) is 0 Å². The second kappa shape index (κ2) is 12.5. The molecule has 0 aliphatic heterocycles. The Morgan fingerprint density at radius 1 is 0.914 bits per heavy atom. The Bertz CT molecular complexity index is 1250. The summed E-state index contributed by atoms with van der Waals surface area (Å²) in [6.07, 6.45) is 1.44. The van der Waals surface area contributed by atoms with Crippen LogP contribution in [-0.4, -0.2) is 32.1 Å². The molecule has 8 heteroatoms. The highest BCUT2D eigenvalue weighted by atomic mass is 16.5. The van der Waals surface area contributed by atoms with Crippen molar-refractivity contribution in [3.05, 3.63) is 83.9 Å². The van der Waals surface area contributed by atoms with Gasteiger partial charge in [-0.3, -0.25) is 9.59 Å². The molecule has 2 N–H and O–H groups in total. The van der Waals surface area contributed by atoms with Crippen LogP contribution in [0.15, 0.2) is 78.4 Å². The van der Waals surface area contributed by atoms with Gasteiger partial charge in [-0.2, -0.15) is 5.26 Å². The van der Waals surface area contributed by atoms with E-state index in [2.05, 4.69) is 10.6 Å². The molecule has 0 spiro atoms. The van der Waals surface area contributed by atoms with Crippen molar-refractivity contribution < 1.29 is 23.8 Å². The lowest BCUT2D eigenvalue weighted by molar-refractivity contribution is -0.118. The second-order valence-corrected chi connectivity index (χ2v) is 7.17. The average Bonchev–Trinajstić information content (AvgIpc) is 2.87. The van der Waals surface area contributed by atoms with Crippen molar-refractivity contribution in [2.24, 2.45) is 0 Å². The summed E-state index contributed by atoms with van der Waals surface area (Å²) < 4.78 is 16.5. The quantitative estimate of drug-likeness (QED) is 0.329. The largest absolute Gasteiger partial charge is 0.495 e. The first-order chi connectivity index (χ1) is 17.0. The summed E-state index contributed by atoms with van der Waals surface area (Å²) in [5.41, 5.74) is 1.58. The number of nitrogens with one attached hydrogen (secondary N) is 2. The second-order valence-electron chi connectivity index (χ2n) is 7.17. The van der Waals surface area contributed by atoms with Gasteiger partial charge in [-0.25, -0.2) is 0 Å². The zero-order valence-electron chi connectivity index (χ0n) is 19.4. The molecule has 0 radical (unpaired) electrons. The fourth-order valence-corrected chi connectivity index (χ4v) is 3.12. The molecule has 0 aliphatic carbocycles. The number of carbonyl (C=O) groups excluding carboxylic acids is 2. The zero-order chi connectivity index (χ0) is 25.0. The van der Waals surface area contributed by atoms with Crippen LogP contribution in [0.4, 0.5) is 11.4 Å². The van der Waals surface area contributed by atoms with E-state index in [1.54, 1.807) is 54.6 Å². The molecule has 0 bridgehead atoms. The number of carbonyl (C=O) groups is 2. The van der Waals surface area contributed by atoms with E-state index in [0.29, 0.717) is 40.8 Å². The number of amides is 2. The van der Waals surface area contributed by atoms with Crippen LogP contribution >= 0.6 is 0 Å². The number of rotatable bonds is 10. The predicted octanol–water partition coefficient (Wildman–Crippen LogP) is 4.66. The third-order valence-electron chi connectivity index (χ3n) is 4.72. The summed E-state index contributed by atoms with van der Waals surface area (Å²) in [6, 6.07) is 22.8. The van der Waals surface area contributed by atoms with E-state index in [1.165, 1.54) is 13.2 Å². The molecular formula is C27H25N3O5. The van der Waals surface area contributed by atoms with Gasteiger partial charge in [0.1, 0.15) is 17.4 Å². The van der Waals surface area contributed by atoms with Crippen LogP contribution in [0.25, 0.3) is 6.08 Å². The van der Waals surface area contributed by atoms with Gasteiger partial charge in [0.05, 0.1) is 19.4 Å². The highest BCUT2D eigenvalue weighted by molar-refractivity contribution is 6.10. The Balaban J connectivity index is 1.73. The minimum atomic E-state index is -0.576. The number of hydrogen-bond donors (Lipinski definition) is 2. The van der Waals surface area contributed by atoms with Crippen molar-refractivity contribution in [1.82, 2.24) is 0 Å². The van der Waals surface area contributed by atoms with Crippen LogP contribution in [-0.2, 0) is 9.59 Å².